The van der Waals surface area contributed by atoms with E-state index in [-0.39, 0.29) is 17.7 Å². The molecule has 26 heavy (non-hydrogen) atoms. The highest BCUT2D eigenvalue weighted by molar-refractivity contribution is 5.93. The second-order valence-corrected chi connectivity index (χ2v) is 6.33. The number of likely N-dealkylation sites (tertiary alicyclic amines) is 1. The van der Waals surface area contributed by atoms with Gasteiger partial charge in [-0.2, -0.15) is 0 Å². The lowest BCUT2D eigenvalue weighted by Crippen LogP contribution is -2.42. The van der Waals surface area contributed by atoms with E-state index in [1.54, 1.807) is 9.58 Å². The lowest BCUT2D eigenvalue weighted by Gasteiger charge is -2.30. The summed E-state index contributed by atoms with van der Waals surface area (Å²) in [7, 11) is 0. The van der Waals surface area contributed by atoms with E-state index in [2.05, 4.69) is 10.3 Å². The first-order valence-corrected chi connectivity index (χ1v) is 8.75. The van der Waals surface area contributed by atoms with E-state index < -0.39 is 0 Å². The number of hydrogen-bond acceptors (Lipinski definition) is 5. The molecule has 2 N–H and O–H groups in total. The number of hydrogen-bond donors (Lipinski definition) is 1. The van der Waals surface area contributed by atoms with Crippen molar-refractivity contribution in [1.29, 1.82) is 0 Å². The molecule has 0 unspecified atom stereocenters. The standard InChI is InChI=1S/C18H23N5O3/c1-3-26-15-6-4-14(5-7-15)23-12(2)16(20-21-23)18(25)22-10-8-13(9-11-22)17(19)24/h4-7,13H,3,8-11H2,1-2H3,(H2,19,24). The third-order valence-corrected chi connectivity index (χ3v) is 4.67. The van der Waals surface area contributed by atoms with E-state index in [0.717, 1.165) is 11.4 Å². The number of amides is 2. The smallest absolute Gasteiger partial charge is 0.276 e. The van der Waals surface area contributed by atoms with Crippen LogP contribution in [0.5, 0.6) is 5.75 Å². The zero-order valence-corrected chi connectivity index (χ0v) is 15.0. The lowest BCUT2D eigenvalue weighted by molar-refractivity contribution is -0.123. The van der Waals surface area contributed by atoms with Crippen LogP contribution < -0.4 is 10.5 Å². The molecule has 0 spiro atoms. The van der Waals surface area contributed by atoms with Crippen molar-refractivity contribution in [1.82, 2.24) is 19.9 Å². The molecule has 8 nitrogen and oxygen atoms in total. The number of aromatic nitrogens is 3. The van der Waals surface area contributed by atoms with Gasteiger partial charge >= 0.3 is 0 Å². The first kappa shape index (κ1) is 17.9. The van der Waals surface area contributed by atoms with E-state index in [4.69, 9.17) is 10.5 Å². The predicted octanol–water partition coefficient (Wildman–Crippen LogP) is 1.31. The summed E-state index contributed by atoms with van der Waals surface area (Å²) in [6.45, 7) is 5.36. The molecule has 1 aliphatic rings. The van der Waals surface area contributed by atoms with Crippen LogP contribution in [-0.2, 0) is 4.79 Å². The van der Waals surface area contributed by atoms with Crippen molar-refractivity contribution in [2.75, 3.05) is 19.7 Å². The summed E-state index contributed by atoms with van der Waals surface area (Å²) in [5.41, 5.74) is 7.16. The molecule has 2 amide bonds. The van der Waals surface area contributed by atoms with Gasteiger partial charge in [-0.3, -0.25) is 9.59 Å². The van der Waals surface area contributed by atoms with Crippen LogP contribution in [0.3, 0.4) is 0 Å². The molecule has 0 radical (unpaired) electrons. The first-order valence-electron chi connectivity index (χ1n) is 8.75. The number of ether oxygens (including phenoxy) is 1. The molecule has 2 heterocycles. The molecule has 0 saturated carbocycles. The number of benzene rings is 1. The average molecular weight is 357 g/mol. The molecule has 1 saturated heterocycles. The van der Waals surface area contributed by atoms with Crippen molar-refractivity contribution in [3.63, 3.8) is 0 Å². The van der Waals surface area contributed by atoms with Gasteiger partial charge in [-0.25, -0.2) is 4.68 Å². The minimum absolute atomic E-state index is 0.153. The van der Waals surface area contributed by atoms with Gasteiger partial charge in [0.25, 0.3) is 5.91 Å². The Balaban J connectivity index is 1.74. The van der Waals surface area contributed by atoms with Crippen molar-refractivity contribution >= 4 is 11.8 Å². The maximum atomic E-state index is 12.8. The minimum atomic E-state index is -0.297. The summed E-state index contributed by atoms with van der Waals surface area (Å²) < 4.78 is 7.07. The number of carbonyl (C=O) groups is 2. The molecular weight excluding hydrogens is 334 g/mol. The SMILES string of the molecule is CCOc1ccc(-n2nnc(C(=O)N3CCC(C(N)=O)CC3)c2C)cc1. The van der Waals surface area contributed by atoms with Crippen LogP contribution in [0, 0.1) is 12.8 Å². The number of nitrogens with zero attached hydrogens (tertiary/aromatic N) is 4. The molecule has 2 aromatic rings. The van der Waals surface area contributed by atoms with Crippen LogP contribution in [0.25, 0.3) is 5.69 Å². The summed E-state index contributed by atoms with van der Waals surface area (Å²) in [5, 5.41) is 8.20. The fourth-order valence-corrected chi connectivity index (χ4v) is 3.14. The van der Waals surface area contributed by atoms with Crippen molar-refractivity contribution in [2.24, 2.45) is 11.7 Å². The van der Waals surface area contributed by atoms with Crippen molar-refractivity contribution in [2.45, 2.75) is 26.7 Å². The fourth-order valence-electron chi connectivity index (χ4n) is 3.14. The van der Waals surface area contributed by atoms with Gasteiger partial charge in [0.1, 0.15) is 5.75 Å². The summed E-state index contributed by atoms with van der Waals surface area (Å²) >= 11 is 0. The Labute approximate surface area is 151 Å². The Morgan fingerprint density at radius 3 is 2.46 bits per heavy atom. The third-order valence-electron chi connectivity index (χ3n) is 4.67. The monoisotopic (exact) mass is 357 g/mol. The summed E-state index contributed by atoms with van der Waals surface area (Å²) in [5.74, 6) is 0.166. The van der Waals surface area contributed by atoms with Gasteiger partial charge in [0.15, 0.2) is 5.69 Å². The highest BCUT2D eigenvalue weighted by atomic mass is 16.5. The van der Waals surface area contributed by atoms with Gasteiger partial charge in [0, 0.05) is 19.0 Å². The molecule has 1 aromatic carbocycles. The van der Waals surface area contributed by atoms with Crippen LogP contribution in [-0.4, -0.2) is 51.4 Å². The Hall–Kier alpha value is -2.90. The van der Waals surface area contributed by atoms with E-state index in [0.29, 0.717) is 43.9 Å². The molecule has 1 aliphatic heterocycles. The topological polar surface area (TPSA) is 103 Å². The highest BCUT2D eigenvalue weighted by Crippen LogP contribution is 2.21. The van der Waals surface area contributed by atoms with Crippen molar-refractivity contribution < 1.29 is 14.3 Å². The summed E-state index contributed by atoms with van der Waals surface area (Å²) in [6.07, 6.45) is 1.18. The van der Waals surface area contributed by atoms with Gasteiger partial charge in [-0.05, 0) is 51.0 Å². The second-order valence-electron chi connectivity index (χ2n) is 6.33. The molecule has 0 atom stereocenters. The Morgan fingerprint density at radius 1 is 1.23 bits per heavy atom. The van der Waals surface area contributed by atoms with Gasteiger partial charge in [-0.1, -0.05) is 5.21 Å². The Bertz CT molecular complexity index is 792. The normalized spacial score (nSPS) is 15.1. The number of carbonyl (C=O) groups excluding carboxylic acids is 2. The maximum absolute atomic E-state index is 12.8. The van der Waals surface area contributed by atoms with Gasteiger partial charge in [0.05, 0.1) is 18.0 Å². The number of rotatable bonds is 5. The highest BCUT2D eigenvalue weighted by Gasteiger charge is 2.29. The average Bonchev–Trinajstić information content (AvgIpc) is 3.03. The Morgan fingerprint density at radius 2 is 1.88 bits per heavy atom. The molecule has 8 heteroatoms. The van der Waals surface area contributed by atoms with E-state index >= 15 is 0 Å². The van der Waals surface area contributed by atoms with Gasteiger partial charge < -0.3 is 15.4 Å². The molecule has 1 aromatic heterocycles. The third kappa shape index (κ3) is 3.54. The molecule has 1 fully saturated rings. The Kier molecular flexibility index (Phi) is 5.20. The second kappa shape index (κ2) is 7.55. The van der Waals surface area contributed by atoms with E-state index in [1.807, 2.05) is 38.1 Å². The maximum Gasteiger partial charge on any atom is 0.276 e. The quantitative estimate of drug-likeness (QED) is 0.869. The predicted molar refractivity (Wildman–Crippen MR) is 95.1 cm³/mol. The molecule has 3 rings (SSSR count). The molecule has 0 bridgehead atoms. The zero-order valence-electron chi connectivity index (χ0n) is 15.0. The molecule has 0 aliphatic carbocycles. The number of primary amides is 1. The van der Waals surface area contributed by atoms with Crippen LogP contribution in [0.2, 0.25) is 0 Å². The number of piperidine rings is 1. The molecule has 138 valence electrons. The van der Waals surface area contributed by atoms with Crippen molar-refractivity contribution in [3.8, 4) is 11.4 Å². The van der Waals surface area contributed by atoms with Crippen LogP contribution >= 0.6 is 0 Å². The van der Waals surface area contributed by atoms with E-state index in [9.17, 15) is 9.59 Å². The number of nitrogens with two attached hydrogens (primary N) is 1. The zero-order chi connectivity index (χ0) is 18.7. The first-order chi connectivity index (χ1) is 12.5. The van der Waals surface area contributed by atoms with Crippen LogP contribution in [0.15, 0.2) is 24.3 Å². The van der Waals surface area contributed by atoms with Gasteiger partial charge in [-0.15, -0.1) is 5.10 Å². The minimum Gasteiger partial charge on any atom is -0.494 e. The summed E-state index contributed by atoms with van der Waals surface area (Å²) in [6, 6.07) is 7.46. The van der Waals surface area contributed by atoms with Crippen molar-refractivity contribution in [3.05, 3.63) is 35.7 Å². The largest absolute Gasteiger partial charge is 0.494 e. The van der Waals surface area contributed by atoms with Crippen LogP contribution in [0.4, 0.5) is 0 Å². The van der Waals surface area contributed by atoms with E-state index in [1.165, 1.54) is 0 Å². The lowest BCUT2D eigenvalue weighted by atomic mass is 9.96. The summed E-state index contributed by atoms with van der Waals surface area (Å²) in [4.78, 5) is 25.7. The van der Waals surface area contributed by atoms with Crippen LogP contribution in [0.1, 0.15) is 35.9 Å². The molecular formula is C18H23N5O3. The fraction of sp³-hybridized carbons (Fsp3) is 0.444. The van der Waals surface area contributed by atoms with Gasteiger partial charge in [0.2, 0.25) is 5.91 Å².